The van der Waals surface area contributed by atoms with Gasteiger partial charge in [-0.1, -0.05) is 20.8 Å². The van der Waals surface area contributed by atoms with E-state index in [-0.39, 0.29) is 29.9 Å². The van der Waals surface area contributed by atoms with E-state index in [1.165, 1.54) is 0 Å². The summed E-state index contributed by atoms with van der Waals surface area (Å²) in [5, 5.41) is 12.4. The van der Waals surface area contributed by atoms with Gasteiger partial charge in [-0.25, -0.2) is 0 Å². The van der Waals surface area contributed by atoms with E-state index in [1.807, 2.05) is 12.1 Å². The minimum absolute atomic E-state index is 0.0199. The molecule has 2 N–H and O–H groups in total. The number of aliphatic hydroxyl groups excluding tert-OH is 1. The zero-order valence-electron chi connectivity index (χ0n) is 14.3. The van der Waals surface area contributed by atoms with Crippen LogP contribution in [-0.4, -0.2) is 36.1 Å². The van der Waals surface area contributed by atoms with E-state index in [4.69, 9.17) is 0 Å². The molecular weight excluding hydrogens is 292 g/mol. The Hall–Kier alpha value is -1.88. The molecule has 0 radical (unpaired) electrons. The van der Waals surface area contributed by atoms with Crippen LogP contribution in [0.4, 0.5) is 5.69 Å². The van der Waals surface area contributed by atoms with Gasteiger partial charge >= 0.3 is 0 Å². The van der Waals surface area contributed by atoms with Gasteiger partial charge in [0, 0.05) is 24.7 Å². The number of nitrogens with zero attached hydrogens (tertiary/aromatic N) is 1. The first-order chi connectivity index (χ1) is 10.7. The highest BCUT2D eigenvalue weighted by Crippen LogP contribution is 2.29. The van der Waals surface area contributed by atoms with Crippen molar-refractivity contribution < 1.29 is 14.7 Å². The number of amides is 2. The fourth-order valence-corrected chi connectivity index (χ4v) is 3.04. The van der Waals surface area contributed by atoms with Crippen LogP contribution < -0.4 is 10.2 Å². The Kier molecular flexibility index (Phi) is 5.09. The fourth-order valence-electron chi connectivity index (χ4n) is 3.04. The molecule has 0 bridgehead atoms. The molecule has 2 rings (SSSR count). The third-order valence-electron chi connectivity index (χ3n) is 4.03. The number of hydrogen-bond donors (Lipinski definition) is 2. The number of carbonyl (C=O) groups excluding carboxylic acids is 2. The minimum Gasteiger partial charge on any atom is -0.394 e. The van der Waals surface area contributed by atoms with Crippen molar-refractivity contribution >= 4 is 17.5 Å². The molecule has 1 atom stereocenters. The summed E-state index contributed by atoms with van der Waals surface area (Å²) >= 11 is 0. The molecule has 126 valence electrons. The predicted octanol–water partition coefficient (Wildman–Crippen LogP) is 2.12. The second-order valence-electron chi connectivity index (χ2n) is 7.38. The number of rotatable bonds is 4. The summed E-state index contributed by atoms with van der Waals surface area (Å²) in [7, 11) is 0. The molecule has 1 heterocycles. The molecule has 1 aliphatic rings. The lowest BCUT2D eigenvalue weighted by atomic mass is 9.88. The van der Waals surface area contributed by atoms with Crippen molar-refractivity contribution in [3.05, 3.63) is 29.3 Å². The van der Waals surface area contributed by atoms with Crippen LogP contribution in [0, 0.1) is 5.41 Å². The number of nitrogens with one attached hydrogen (secondary N) is 1. The normalized spacial score (nSPS) is 15.3. The summed E-state index contributed by atoms with van der Waals surface area (Å²) in [5.41, 5.74) is 2.51. The topological polar surface area (TPSA) is 69.6 Å². The molecule has 2 amide bonds. The number of anilines is 1. The van der Waals surface area contributed by atoms with Crippen molar-refractivity contribution in [2.75, 3.05) is 18.1 Å². The molecule has 0 aromatic heterocycles. The van der Waals surface area contributed by atoms with Crippen LogP contribution >= 0.6 is 0 Å². The summed E-state index contributed by atoms with van der Waals surface area (Å²) < 4.78 is 0. The van der Waals surface area contributed by atoms with Crippen molar-refractivity contribution in [3.63, 3.8) is 0 Å². The smallest absolute Gasteiger partial charge is 0.251 e. The Balaban J connectivity index is 2.10. The maximum Gasteiger partial charge on any atom is 0.251 e. The van der Waals surface area contributed by atoms with Gasteiger partial charge in [0.2, 0.25) is 5.91 Å². The van der Waals surface area contributed by atoms with E-state index in [1.54, 1.807) is 17.9 Å². The Morgan fingerprint density at radius 3 is 2.61 bits per heavy atom. The van der Waals surface area contributed by atoms with Gasteiger partial charge in [-0.2, -0.15) is 0 Å². The number of fused-ring (bicyclic) bond motifs is 1. The van der Waals surface area contributed by atoms with Gasteiger partial charge < -0.3 is 15.3 Å². The van der Waals surface area contributed by atoms with Crippen molar-refractivity contribution in [2.45, 2.75) is 46.6 Å². The van der Waals surface area contributed by atoms with Crippen LogP contribution in [-0.2, 0) is 11.2 Å². The fraction of sp³-hybridized carbons (Fsp3) is 0.556. The monoisotopic (exact) mass is 318 g/mol. The summed E-state index contributed by atoms with van der Waals surface area (Å²) in [4.78, 5) is 25.7. The van der Waals surface area contributed by atoms with Crippen LogP contribution in [0.25, 0.3) is 0 Å². The van der Waals surface area contributed by atoms with E-state index >= 15 is 0 Å². The Bertz CT molecular complexity index is 605. The van der Waals surface area contributed by atoms with Gasteiger partial charge in [-0.05, 0) is 42.0 Å². The first-order valence-electron chi connectivity index (χ1n) is 8.04. The molecule has 23 heavy (non-hydrogen) atoms. The highest BCUT2D eigenvalue weighted by molar-refractivity contribution is 5.98. The molecular formula is C18H26N2O3. The van der Waals surface area contributed by atoms with Crippen LogP contribution in [0.2, 0.25) is 0 Å². The second kappa shape index (κ2) is 6.71. The van der Waals surface area contributed by atoms with E-state index in [9.17, 15) is 14.7 Å². The highest BCUT2D eigenvalue weighted by atomic mass is 16.3. The Morgan fingerprint density at radius 2 is 2.04 bits per heavy atom. The van der Waals surface area contributed by atoms with Gasteiger partial charge in [-0.3, -0.25) is 9.59 Å². The summed E-state index contributed by atoms with van der Waals surface area (Å²) in [6.45, 7) is 8.37. The molecule has 0 saturated heterocycles. The van der Waals surface area contributed by atoms with Gasteiger partial charge in [0.05, 0.1) is 12.6 Å². The number of benzene rings is 1. The van der Waals surface area contributed by atoms with E-state index < -0.39 is 0 Å². The molecule has 5 heteroatoms. The zero-order valence-corrected chi connectivity index (χ0v) is 14.3. The first kappa shape index (κ1) is 17.5. The van der Waals surface area contributed by atoms with Crippen LogP contribution in [0.1, 0.15) is 50.0 Å². The first-order valence-corrected chi connectivity index (χ1v) is 8.04. The molecule has 0 spiro atoms. The van der Waals surface area contributed by atoms with E-state index in [0.717, 1.165) is 17.7 Å². The zero-order chi connectivity index (χ0) is 17.2. The number of hydrogen-bond acceptors (Lipinski definition) is 3. The van der Waals surface area contributed by atoms with Crippen LogP contribution in [0.3, 0.4) is 0 Å². The lowest BCUT2D eigenvalue weighted by Gasteiger charge is -2.25. The average molecular weight is 318 g/mol. The number of aliphatic hydroxyl groups is 1. The van der Waals surface area contributed by atoms with Gasteiger partial charge in [-0.15, -0.1) is 0 Å². The molecule has 1 aromatic carbocycles. The van der Waals surface area contributed by atoms with Crippen molar-refractivity contribution in [3.8, 4) is 0 Å². The minimum atomic E-state index is -0.260. The molecule has 0 aliphatic carbocycles. The standard InChI is InChI=1S/C18H26N2O3/c1-12(22)20-8-7-13-9-14(5-6-16(13)20)17(23)19-15(11-21)10-18(2,3)4/h5-6,9,15,21H,7-8,10-11H2,1-4H3,(H,19,23). The van der Waals surface area contributed by atoms with Crippen molar-refractivity contribution in [1.82, 2.24) is 5.32 Å². The lowest BCUT2D eigenvalue weighted by Crippen LogP contribution is -2.40. The quantitative estimate of drug-likeness (QED) is 0.893. The largest absolute Gasteiger partial charge is 0.394 e. The SMILES string of the molecule is CC(=O)N1CCc2cc(C(=O)NC(CO)CC(C)(C)C)ccc21. The van der Waals surface area contributed by atoms with Gasteiger partial charge in [0.15, 0.2) is 0 Å². The maximum atomic E-state index is 12.4. The van der Waals surface area contributed by atoms with Crippen molar-refractivity contribution in [1.29, 1.82) is 0 Å². The van der Waals surface area contributed by atoms with Crippen LogP contribution in [0.5, 0.6) is 0 Å². The summed E-state index contributed by atoms with van der Waals surface area (Å²) in [5.74, 6) is -0.163. The van der Waals surface area contributed by atoms with E-state index in [2.05, 4.69) is 26.1 Å². The molecule has 0 saturated carbocycles. The van der Waals surface area contributed by atoms with Crippen LogP contribution in [0.15, 0.2) is 18.2 Å². The number of carbonyl (C=O) groups is 2. The van der Waals surface area contributed by atoms with Gasteiger partial charge in [0.25, 0.3) is 5.91 Å². The molecule has 1 aliphatic heterocycles. The molecule has 1 unspecified atom stereocenters. The average Bonchev–Trinajstić information content (AvgIpc) is 2.87. The Morgan fingerprint density at radius 1 is 1.35 bits per heavy atom. The Labute approximate surface area is 137 Å². The highest BCUT2D eigenvalue weighted by Gasteiger charge is 2.24. The van der Waals surface area contributed by atoms with Gasteiger partial charge in [0.1, 0.15) is 0 Å². The second-order valence-corrected chi connectivity index (χ2v) is 7.38. The summed E-state index contributed by atoms with van der Waals surface area (Å²) in [6, 6.07) is 5.15. The molecule has 0 fully saturated rings. The summed E-state index contributed by atoms with van der Waals surface area (Å²) in [6.07, 6.45) is 1.47. The van der Waals surface area contributed by atoms with E-state index in [0.29, 0.717) is 18.5 Å². The third-order valence-corrected chi connectivity index (χ3v) is 4.03. The molecule has 5 nitrogen and oxygen atoms in total. The maximum absolute atomic E-state index is 12.4. The third kappa shape index (κ3) is 4.32. The van der Waals surface area contributed by atoms with Crippen molar-refractivity contribution in [2.24, 2.45) is 5.41 Å². The molecule has 1 aromatic rings. The predicted molar refractivity (Wildman–Crippen MR) is 90.6 cm³/mol. The lowest BCUT2D eigenvalue weighted by molar-refractivity contribution is -0.116.